The highest BCUT2D eigenvalue weighted by Gasteiger charge is 2.38. The first-order valence-corrected chi connectivity index (χ1v) is 11.6. The lowest BCUT2D eigenvalue weighted by atomic mass is 9.96. The molecule has 1 fully saturated rings. The number of alkyl halides is 3. The maximum atomic E-state index is 10.6. The van der Waals surface area contributed by atoms with Crippen LogP contribution >= 0.6 is 0 Å². The molecule has 1 saturated heterocycles. The predicted molar refractivity (Wildman–Crippen MR) is 133 cm³/mol. The van der Waals surface area contributed by atoms with Gasteiger partial charge in [-0.2, -0.15) is 28.8 Å². The first-order chi connectivity index (χ1) is 19.2. The summed E-state index contributed by atoms with van der Waals surface area (Å²) in [6.45, 7) is 1.34. The number of terminal acetylenes is 1. The van der Waals surface area contributed by atoms with Crippen molar-refractivity contribution in [3.63, 3.8) is 0 Å². The first kappa shape index (κ1) is 27.5. The number of hydrogen-bond donors (Lipinski definition) is 2. The van der Waals surface area contributed by atoms with E-state index in [4.69, 9.17) is 16.3 Å². The molecule has 2 atom stereocenters. The number of aromatic amines is 1. The van der Waals surface area contributed by atoms with Gasteiger partial charge in [-0.3, -0.25) is 4.68 Å². The number of halogens is 3. The third-order valence-corrected chi connectivity index (χ3v) is 6.19. The summed E-state index contributed by atoms with van der Waals surface area (Å²) in [6.07, 6.45) is 9.99. The molecule has 0 amide bonds. The zero-order valence-corrected chi connectivity index (χ0v) is 20.5. The van der Waals surface area contributed by atoms with Crippen LogP contribution in [0.15, 0.2) is 37.2 Å². The van der Waals surface area contributed by atoms with Crippen LogP contribution in [0, 0.1) is 40.9 Å². The molecule has 1 aliphatic rings. The van der Waals surface area contributed by atoms with Crippen LogP contribution in [-0.4, -0.2) is 65.0 Å². The van der Waals surface area contributed by atoms with Crippen LogP contribution in [0.1, 0.15) is 30.3 Å². The summed E-state index contributed by atoms with van der Waals surface area (Å²) in [6, 6.07) is 6.19. The van der Waals surface area contributed by atoms with Gasteiger partial charge < -0.3 is 15.0 Å². The molecule has 40 heavy (non-hydrogen) atoms. The highest BCUT2D eigenvalue weighted by molar-refractivity contribution is 5.90. The summed E-state index contributed by atoms with van der Waals surface area (Å²) < 4.78 is 33.6. The van der Waals surface area contributed by atoms with E-state index in [2.05, 4.69) is 48.1 Å². The number of nitriles is 2. The first-order valence-electron chi connectivity index (χ1n) is 11.6. The van der Waals surface area contributed by atoms with Crippen LogP contribution in [0.5, 0.6) is 0 Å². The molecular formula is C25H19F3N10O2. The van der Waals surface area contributed by atoms with Gasteiger partial charge in [0.2, 0.25) is 0 Å². The Balaban J connectivity index is 0.000000470. The van der Waals surface area contributed by atoms with Gasteiger partial charge in [0.05, 0.1) is 36.6 Å². The molecule has 0 radical (unpaired) electrons. The molecule has 4 aromatic rings. The van der Waals surface area contributed by atoms with Crippen molar-refractivity contribution in [2.24, 2.45) is 5.92 Å². The molecule has 15 heteroatoms. The molecule has 0 unspecified atom stereocenters. The van der Waals surface area contributed by atoms with Gasteiger partial charge in [0.1, 0.15) is 23.7 Å². The molecule has 0 aromatic carbocycles. The number of hydrogen-bond acceptors (Lipinski definition) is 9. The van der Waals surface area contributed by atoms with E-state index in [0.717, 1.165) is 28.7 Å². The third-order valence-electron chi connectivity index (χ3n) is 6.19. The molecule has 0 aliphatic carbocycles. The van der Waals surface area contributed by atoms with Crippen LogP contribution < -0.4 is 4.90 Å². The second-order valence-corrected chi connectivity index (χ2v) is 8.58. The summed E-state index contributed by atoms with van der Waals surface area (Å²) in [5, 5.41) is 31.6. The van der Waals surface area contributed by atoms with Crippen LogP contribution in [-0.2, 0) is 4.79 Å². The Kier molecular flexibility index (Phi) is 7.91. The SMILES string of the molecule is C#Cc1cnc(N2CC[C@H]([C@H](CC#N)n3cc(-c4ncnc5[nH]ccc45)cn3)C2)c(C#N)n1.O=C(O)C(F)(F)F. The Bertz CT molecular complexity index is 1660. The molecule has 0 saturated carbocycles. The van der Waals surface area contributed by atoms with Crippen LogP contribution in [0.4, 0.5) is 19.0 Å². The van der Waals surface area contributed by atoms with E-state index < -0.39 is 12.1 Å². The lowest BCUT2D eigenvalue weighted by Gasteiger charge is -2.23. The zero-order valence-electron chi connectivity index (χ0n) is 20.5. The number of H-pyrrole nitrogens is 1. The summed E-state index contributed by atoms with van der Waals surface area (Å²) >= 11 is 0. The Morgan fingerprint density at radius 3 is 2.73 bits per heavy atom. The average Bonchev–Trinajstić information content (AvgIpc) is 3.72. The van der Waals surface area contributed by atoms with Gasteiger partial charge in [-0.1, -0.05) is 0 Å². The standard InChI is InChI=1S/C23H18N10.C2HF3O2/c1-2-17-11-27-23(19(9-25)31-17)32-8-5-15(12-32)20(3-6-24)33-13-16(10-30-33)21-18-4-7-26-22(18)29-14-28-21;3-2(4,5)1(6)7/h1,4,7,10-11,13-15,20H,3,5,8,12H2,(H,26,28,29);(H,6,7)/t15-,20-;/m0./s1. The lowest BCUT2D eigenvalue weighted by molar-refractivity contribution is -0.192. The fourth-order valence-electron chi connectivity index (χ4n) is 4.37. The molecule has 12 nitrogen and oxygen atoms in total. The molecule has 0 spiro atoms. The van der Waals surface area contributed by atoms with Crippen LogP contribution in [0.2, 0.25) is 0 Å². The second kappa shape index (κ2) is 11.5. The quantitative estimate of drug-likeness (QED) is 0.353. The molecule has 1 aliphatic heterocycles. The van der Waals surface area contributed by atoms with Crippen molar-refractivity contribution in [1.29, 1.82) is 10.5 Å². The van der Waals surface area contributed by atoms with Gasteiger partial charge in [0.25, 0.3) is 0 Å². The number of rotatable bonds is 5. The number of anilines is 1. The van der Waals surface area contributed by atoms with Crippen molar-refractivity contribution in [1.82, 2.24) is 34.7 Å². The van der Waals surface area contributed by atoms with Crippen molar-refractivity contribution >= 4 is 22.8 Å². The number of aliphatic carboxylic acids is 1. The topological polar surface area (TPSA) is 173 Å². The minimum absolute atomic E-state index is 0.124. The van der Waals surface area contributed by atoms with Gasteiger partial charge in [-0.05, 0) is 18.4 Å². The molecule has 4 aromatic heterocycles. The van der Waals surface area contributed by atoms with Gasteiger partial charge in [-0.15, -0.1) is 6.42 Å². The monoisotopic (exact) mass is 548 g/mol. The van der Waals surface area contributed by atoms with Gasteiger partial charge in [0, 0.05) is 42.4 Å². The number of fused-ring (bicyclic) bond motifs is 1. The van der Waals surface area contributed by atoms with E-state index >= 15 is 0 Å². The van der Waals surface area contributed by atoms with Crippen molar-refractivity contribution < 1.29 is 23.1 Å². The van der Waals surface area contributed by atoms with Crippen LogP contribution in [0.25, 0.3) is 22.3 Å². The largest absolute Gasteiger partial charge is 0.490 e. The van der Waals surface area contributed by atoms with E-state index in [9.17, 15) is 23.7 Å². The Morgan fingerprint density at radius 1 is 1.27 bits per heavy atom. The maximum absolute atomic E-state index is 10.6. The Morgan fingerprint density at radius 2 is 2.05 bits per heavy atom. The normalized spacial score (nSPS) is 15.4. The summed E-state index contributed by atoms with van der Waals surface area (Å²) in [7, 11) is 0. The average molecular weight is 548 g/mol. The lowest BCUT2D eigenvalue weighted by Crippen LogP contribution is -2.26. The fraction of sp³-hybridized carbons (Fsp3) is 0.280. The van der Waals surface area contributed by atoms with Crippen molar-refractivity contribution in [3.8, 4) is 35.7 Å². The zero-order chi connectivity index (χ0) is 28.9. The van der Waals surface area contributed by atoms with E-state index in [1.807, 2.05) is 28.0 Å². The highest BCUT2D eigenvalue weighted by Crippen LogP contribution is 2.34. The number of carboxylic acid groups (broad SMARTS) is 1. The third kappa shape index (κ3) is 5.81. The van der Waals surface area contributed by atoms with Gasteiger partial charge >= 0.3 is 12.1 Å². The molecular weight excluding hydrogens is 529 g/mol. The smallest absolute Gasteiger partial charge is 0.475 e. The molecule has 202 valence electrons. The second-order valence-electron chi connectivity index (χ2n) is 8.58. The fourth-order valence-corrected chi connectivity index (χ4v) is 4.37. The minimum atomic E-state index is -5.08. The minimum Gasteiger partial charge on any atom is -0.475 e. The molecule has 2 N–H and O–H groups in total. The number of aromatic nitrogens is 7. The number of nitrogens with one attached hydrogen (secondary N) is 1. The highest BCUT2D eigenvalue weighted by atomic mass is 19.4. The van der Waals surface area contributed by atoms with Gasteiger partial charge in [-0.25, -0.2) is 24.7 Å². The van der Waals surface area contributed by atoms with Crippen molar-refractivity contribution in [3.05, 3.63) is 48.6 Å². The maximum Gasteiger partial charge on any atom is 0.490 e. The number of nitrogens with zero attached hydrogens (tertiary/aromatic N) is 9. The number of carbonyl (C=O) groups is 1. The Hall–Kier alpha value is -5.49. The summed E-state index contributed by atoms with van der Waals surface area (Å²) in [5.41, 5.74) is 2.96. The van der Waals surface area contributed by atoms with Gasteiger partial charge in [0.15, 0.2) is 11.5 Å². The Labute approximate surface area is 224 Å². The van der Waals surface area contributed by atoms with Crippen LogP contribution in [0.3, 0.4) is 0 Å². The predicted octanol–water partition coefficient (Wildman–Crippen LogP) is 3.08. The van der Waals surface area contributed by atoms with E-state index in [1.165, 1.54) is 12.5 Å². The van der Waals surface area contributed by atoms with E-state index in [0.29, 0.717) is 31.0 Å². The van der Waals surface area contributed by atoms with Crippen molar-refractivity contribution in [2.45, 2.75) is 25.1 Å². The molecule has 0 bridgehead atoms. The summed E-state index contributed by atoms with van der Waals surface area (Å²) in [5.74, 6) is 0.320. The van der Waals surface area contributed by atoms with Crippen molar-refractivity contribution in [2.75, 3.05) is 18.0 Å². The molecule has 5 rings (SSSR count). The number of carboxylic acids is 1. The van der Waals surface area contributed by atoms with E-state index in [-0.39, 0.29) is 17.7 Å². The summed E-state index contributed by atoms with van der Waals surface area (Å²) in [4.78, 5) is 31.2. The van der Waals surface area contributed by atoms with E-state index in [1.54, 1.807) is 6.20 Å². The molecule has 5 heterocycles.